The highest BCUT2D eigenvalue weighted by molar-refractivity contribution is 7.80. The molecule has 1 heterocycles. The van der Waals surface area contributed by atoms with Crippen LogP contribution in [0.4, 0.5) is 5.00 Å². The molecule has 1 nitrogen and oxygen atoms in total. The average Bonchev–Trinajstić information content (AvgIpc) is 2.66. The first-order chi connectivity index (χ1) is 7.25. The number of benzene rings is 1. The van der Waals surface area contributed by atoms with Crippen LogP contribution in [0.3, 0.4) is 0 Å². The van der Waals surface area contributed by atoms with E-state index in [4.69, 9.17) is 12.2 Å². The van der Waals surface area contributed by atoms with Gasteiger partial charge in [-0.3, -0.25) is 0 Å². The lowest BCUT2D eigenvalue weighted by Crippen LogP contribution is -2.14. The highest BCUT2D eigenvalue weighted by Crippen LogP contribution is 2.27. The fraction of sp³-hybridized carbons (Fsp3) is 0.182. The van der Waals surface area contributed by atoms with Gasteiger partial charge in [-0.25, -0.2) is 0 Å². The molecule has 78 valence electrons. The second kappa shape index (κ2) is 4.88. The zero-order valence-electron chi connectivity index (χ0n) is 8.34. The maximum absolute atomic E-state index is 5.12. The van der Waals surface area contributed by atoms with Crippen molar-refractivity contribution in [2.45, 2.75) is 6.54 Å². The molecule has 0 spiro atoms. The number of nitrogens with zero attached hydrogens (tertiary/aromatic N) is 1. The average molecular weight is 253 g/mol. The van der Waals surface area contributed by atoms with E-state index in [-0.39, 0.29) is 0 Å². The van der Waals surface area contributed by atoms with Crippen molar-refractivity contribution in [2.24, 2.45) is 0 Å². The largest absolute Gasteiger partial charge is 0.361 e. The van der Waals surface area contributed by atoms with E-state index < -0.39 is 0 Å². The van der Waals surface area contributed by atoms with Crippen molar-refractivity contribution >= 4 is 37.9 Å². The van der Waals surface area contributed by atoms with Crippen molar-refractivity contribution in [1.29, 1.82) is 0 Å². The second-order valence-corrected chi connectivity index (χ2v) is 6.20. The maximum atomic E-state index is 5.12. The minimum absolute atomic E-state index is 0.933. The fourth-order valence-electron chi connectivity index (χ4n) is 1.34. The van der Waals surface area contributed by atoms with E-state index in [1.165, 1.54) is 10.6 Å². The summed E-state index contributed by atoms with van der Waals surface area (Å²) in [5.41, 5.74) is 1.32. The maximum Gasteiger partial charge on any atom is 0.104 e. The molecule has 15 heavy (non-hydrogen) atoms. The first-order valence-electron chi connectivity index (χ1n) is 4.61. The number of hydrogen-bond donors (Lipinski definition) is 0. The molecule has 0 atom stereocenters. The van der Waals surface area contributed by atoms with Gasteiger partial charge in [0.25, 0.3) is 0 Å². The van der Waals surface area contributed by atoms with Gasteiger partial charge in [-0.1, -0.05) is 63.2 Å². The van der Waals surface area contributed by atoms with Crippen LogP contribution in [-0.4, -0.2) is 7.05 Å². The van der Waals surface area contributed by atoms with Crippen molar-refractivity contribution < 1.29 is 0 Å². The minimum atomic E-state index is 0.933. The molecular weight excluding hydrogens is 242 g/mol. The Morgan fingerprint density at radius 1 is 1.20 bits per heavy atom. The van der Waals surface area contributed by atoms with E-state index in [0.29, 0.717) is 0 Å². The summed E-state index contributed by atoms with van der Waals surface area (Å²) in [6, 6.07) is 12.5. The fourth-order valence-corrected chi connectivity index (χ4v) is 3.77. The molecule has 2 rings (SSSR count). The van der Waals surface area contributed by atoms with Gasteiger partial charge in [0.2, 0.25) is 0 Å². The van der Waals surface area contributed by atoms with E-state index in [1.54, 1.807) is 20.7 Å². The van der Waals surface area contributed by atoms with Crippen LogP contribution >= 0.6 is 32.9 Å². The van der Waals surface area contributed by atoms with Crippen LogP contribution < -0.4 is 4.90 Å². The smallest absolute Gasteiger partial charge is 0.104 e. The van der Waals surface area contributed by atoms with Gasteiger partial charge in [0.05, 0.1) is 0 Å². The molecule has 0 saturated heterocycles. The summed E-state index contributed by atoms with van der Waals surface area (Å²) in [6.07, 6.45) is 0. The van der Waals surface area contributed by atoms with E-state index in [9.17, 15) is 0 Å². The zero-order valence-corrected chi connectivity index (χ0v) is 10.8. The zero-order chi connectivity index (χ0) is 10.7. The molecule has 1 aromatic heterocycles. The molecule has 2 aromatic rings. The molecule has 0 saturated carbocycles. The van der Waals surface area contributed by atoms with Gasteiger partial charge in [0, 0.05) is 19.7 Å². The predicted molar refractivity (Wildman–Crippen MR) is 71.6 cm³/mol. The lowest BCUT2D eigenvalue weighted by Gasteiger charge is -2.16. The Balaban J connectivity index is 2.10. The summed E-state index contributed by atoms with van der Waals surface area (Å²) < 4.78 is 0.968. The van der Waals surface area contributed by atoms with Crippen molar-refractivity contribution in [2.75, 3.05) is 11.9 Å². The summed E-state index contributed by atoms with van der Waals surface area (Å²) in [5.74, 6) is 0. The summed E-state index contributed by atoms with van der Waals surface area (Å²) in [6.45, 7) is 0.933. The number of anilines is 1. The van der Waals surface area contributed by atoms with Crippen LogP contribution in [0.25, 0.3) is 0 Å². The summed E-state index contributed by atoms with van der Waals surface area (Å²) in [4.78, 5) is 2.23. The predicted octanol–water partition coefficient (Wildman–Crippen LogP) is 4.18. The molecule has 0 bridgehead atoms. The van der Waals surface area contributed by atoms with E-state index in [2.05, 4.69) is 42.3 Å². The first-order valence-corrected chi connectivity index (χ1v) is 7.17. The van der Waals surface area contributed by atoms with Gasteiger partial charge in [-0.2, -0.15) is 0 Å². The normalized spacial score (nSPS) is 10.2. The van der Waals surface area contributed by atoms with Crippen molar-refractivity contribution in [3.8, 4) is 0 Å². The Bertz CT molecular complexity index is 472. The molecule has 0 aliphatic rings. The Morgan fingerprint density at radius 2 is 1.93 bits per heavy atom. The van der Waals surface area contributed by atoms with Crippen LogP contribution in [0, 0.1) is 3.82 Å². The molecule has 1 aromatic carbocycles. The van der Waals surface area contributed by atoms with Gasteiger partial charge in [0.1, 0.15) is 8.82 Å². The van der Waals surface area contributed by atoms with Crippen LogP contribution in [0.1, 0.15) is 5.56 Å². The lowest BCUT2D eigenvalue weighted by atomic mass is 10.2. The van der Waals surface area contributed by atoms with Crippen LogP contribution in [0.15, 0.2) is 36.4 Å². The van der Waals surface area contributed by atoms with E-state index in [0.717, 1.165) is 10.4 Å². The van der Waals surface area contributed by atoms with Crippen molar-refractivity contribution in [3.63, 3.8) is 0 Å². The highest BCUT2D eigenvalue weighted by Gasteiger charge is 2.03. The molecule has 0 unspecified atom stereocenters. The number of hydrogen-bond acceptors (Lipinski definition) is 4. The monoisotopic (exact) mass is 253 g/mol. The number of rotatable bonds is 3. The standard InChI is InChI=1S/C11H11NS3/c1-12(10-7-11(13)15-14-10)8-9-5-3-2-4-6-9/h2-7H,8H2,1H3. The topological polar surface area (TPSA) is 3.24 Å². The molecule has 4 heteroatoms. The van der Waals surface area contributed by atoms with Crippen molar-refractivity contribution in [1.82, 2.24) is 0 Å². The van der Waals surface area contributed by atoms with Crippen molar-refractivity contribution in [3.05, 3.63) is 45.8 Å². The lowest BCUT2D eigenvalue weighted by molar-refractivity contribution is 0.935. The summed E-state index contributed by atoms with van der Waals surface area (Å²) in [5, 5.41) is 1.24. The van der Waals surface area contributed by atoms with Crippen LogP contribution in [0.2, 0.25) is 0 Å². The van der Waals surface area contributed by atoms with E-state index >= 15 is 0 Å². The Morgan fingerprint density at radius 3 is 2.53 bits per heavy atom. The minimum Gasteiger partial charge on any atom is -0.361 e. The second-order valence-electron chi connectivity index (χ2n) is 3.31. The highest BCUT2D eigenvalue weighted by atomic mass is 32.9. The molecule has 0 amide bonds. The van der Waals surface area contributed by atoms with Gasteiger partial charge in [-0.15, -0.1) is 0 Å². The Hall–Kier alpha value is -0.710. The SMILES string of the molecule is CN(Cc1ccccc1)c1cc(=S)ss1. The third-order valence-corrected chi connectivity index (χ3v) is 5.04. The van der Waals surface area contributed by atoms with Crippen LogP contribution in [-0.2, 0) is 6.54 Å². The van der Waals surface area contributed by atoms with Gasteiger partial charge in [-0.05, 0) is 5.56 Å². The molecule has 0 aliphatic carbocycles. The Labute approximate surface area is 102 Å². The van der Waals surface area contributed by atoms with E-state index in [1.807, 2.05) is 6.07 Å². The third-order valence-electron chi connectivity index (χ3n) is 2.09. The molecule has 0 radical (unpaired) electrons. The van der Waals surface area contributed by atoms with Gasteiger partial charge in [0.15, 0.2) is 0 Å². The first kappa shape index (κ1) is 10.8. The van der Waals surface area contributed by atoms with Gasteiger partial charge >= 0.3 is 0 Å². The summed E-state index contributed by atoms with van der Waals surface area (Å²) >= 11 is 5.12. The third kappa shape index (κ3) is 2.87. The molecule has 0 N–H and O–H groups in total. The summed E-state index contributed by atoms with van der Waals surface area (Å²) in [7, 11) is 5.50. The Kier molecular flexibility index (Phi) is 3.51. The molecule has 0 fully saturated rings. The van der Waals surface area contributed by atoms with Gasteiger partial charge < -0.3 is 4.90 Å². The molecule has 0 aliphatic heterocycles. The van der Waals surface area contributed by atoms with Crippen LogP contribution in [0.5, 0.6) is 0 Å². The quantitative estimate of drug-likeness (QED) is 0.596. The molecular formula is C11H11NS3.